The summed E-state index contributed by atoms with van der Waals surface area (Å²) in [6, 6.07) is 13.9. The first-order valence-electron chi connectivity index (χ1n) is 8.25. The minimum Gasteiger partial charge on any atom is -0.505 e. The second-order valence-corrected chi connectivity index (χ2v) is 6.10. The van der Waals surface area contributed by atoms with Gasteiger partial charge in [0.05, 0.1) is 0 Å². The Hall–Kier alpha value is -2.66. The van der Waals surface area contributed by atoms with Crippen LogP contribution >= 0.6 is 0 Å². The lowest BCUT2D eigenvalue weighted by Crippen LogP contribution is -2.46. The molecule has 1 aliphatic heterocycles. The second-order valence-electron chi connectivity index (χ2n) is 6.10. The monoisotopic (exact) mass is 320 g/mol. The maximum atomic E-state index is 10.5. The van der Waals surface area contributed by atoms with Crippen LogP contribution < -0.4 is 4.90 Å². The Morgan fingerprint density at radius 3 is 2.50 bits per heavy atom. The van der Waals surface area contributed by atoms with E-state index in [1.54, 1.807) is 6.20 Å². The number of phenolic OH excluding ortho intramolecular Hbond substituents is 1. The molecule has 0 bridgehead atoms. The van der Waals surface area contributed by atoms with Crippen molar-refractivity contribution in [2.75, 3.05) is 31.1 Å². The minimum atomic E-state index is 0.306. The van der Waals surface area contributed by atoms with Gasteiger partial charge in [0, 0.05) is 56.1 Å². The fourth-order valence-corrected chi connectivity index (χ4v) is 3.22. The predicted molar refractivity (Wildman–Crippen MR) is 95.1 cm³/mol. The standard InChI is InChI=1S/C19H20N4O/c24-19-16(7-6-15-4-3-9-21-18(15)19)14-22-10-12-23(13-11-22)17-5-1-2-8-20-17/h1-9,24H,10-14H2. The molecule has 0 saturated carbocycles. The number of anilines is 1. The lowest BCUT2D eigenvalue weighted by atomic mass is 10.1. The average molecular weight is 320 g/mol. The van der Waals surface area contributed by atoms with Crippen molar-refractivity contribution in [3.63, 3.8) is 0 Å². The van der Waals surface area contributed by atoms with Gasteiger partial charge in [0.2, 0.25) is 0 Å². The van der Waals surface area contributed by atoms with E-state index >= 15 is 0 Å². The average Bonchev–Trinajstić information content (AvgIpc) is 2.66. The van der Waals surface area contributed by atoms with Crippen LogP contribution in [0.25, 0.3) is 10.9 Å². The normalized spacial score (nSPS) is 15.8. The maximum absolute atomic E-state index is 10.5. The number of phenols is 1. The summed E-state index contributed by atoms with van der Waals surface area (Å²) in [7, 11) is 0. The number of hydrogen-bond acceptors (Lipinski definition) is 5. The Balaban J connectivity index is 1.45. The number of aromatic nitrogens is 2. The summed E-state index contributed by atoms with van der Waals surface area (Å²) in [6.45, 7) is 4.55. The third-order valence-electron chi connectivity index (χ3n) is 4.57. The van der Waals surface area contributed by atoms with E-state index in [1.165, 1.54) is 0 Å². The van der Waals surface area contributed by atoms with Crippen molar-refractivity contribution < 1.29 is 5.11 Å². The Morgan fingerprint density at radius 2 is 1.71 bits per heavy atom. The molecule has 5 nitrogen and oxygen atoms in total. The van der Waals surface area contributed by atoms with E-state index in [9.17, 15) is 5.11 Å². The van der Waals surface area contributed by atoms with E-state index < -0.39 is 0 Å². The molecule has 3 aromatic rings. The lowest BCUT2D eigenvalue weighted by Gasteiger charge is -2.35. The summed E-state index contributed by atoms with van der Waals surface area (Å²) in [5.41, 5.74) is 1.62. The first kappa shape index (κ1) is 14.9. The zero-order chi connectivity index (χ0) is 16.4. The predicted octanol–water partition coefficient (Wildman–Crippen LogP) is 2.66. The molecule has 1 aliphatic rings. The second kappa shape index (κ2) is 6.45. The van der Waals surface area contributed by atoms with Crippen LogP contribution in [-0.2, 0) is 6.54 Å². The number of fused-ring (bicyclic) bond motifs is 1. The van der Waals surface area contributed by atoms with Crippen LogP contribution in [0.1, 0.15) is 5.56 Å². The van der Waals surface area contributed by atoms with Crippen molar-refractivity contribution >= 4 is 16.7 Å². The number of pyridine rings is 2. The van der Waals surface area contributed by atoms with Crippen molar-refractivity contribution in [1.82, 2.24) is 14.9 Å². The molecule has 0 amide bonds. The van der Waals surface area contributed by atoms with Gasteiger partial charge >= 0.3 is 0 Å². The number of hydrogen-bond donors (Lipinski definition) is 1. The van der Waals surface area contributed by atoms with Gasteiger partial charge in [-0.1, -0.05) is 24.3 Å². The molecule has 0 atom stereocenters. The summed E-state index contributed by atoms with van der Waals surface area (Å²) >= 11 is 0. The fraction of sp³-hybridized carbons (Fsp3) is 0.263. The molecule has 5 heteroatoms. The highest BCUT2D eigenvalue weighted by Crippen LogP contribution is 2.28. The van der Waals surface area contributed by atoms with Gasteiger partial charge in [-0.15, -0.1) is 0 Å². The van der Waals surface area contributed by atoms with E-state index in [1.807, 2.05) is 42.6 Å². The maximum Gasteiger partial charge on any atom is 0.146 e. The van der Waals surface area contributed by atoms with E-state index in [2.05, 4.69) is 25.8 Å². The molecule has 2 aromatic heterocycles. The summed E-state index contributed by atoms with van der Waals surface area (Å²) < 4.78 is 0. The Morgan fingerprint density at radius 1 is 0.875 bits per heavy atom. The van der Waals surface area contributed by atoms with Crippen LogP contribution in [0, 0.1) is 0 Å². The first-order valence-corrected chi connectivity index (χ1v) is 8.25. The molecule has 1 fully saturated rings. The SMILES string of the molecule is Oc1c(CN2CCN(c3ccccn3)CC2)ccc2cccnc12. The number of piperazine rings is 1. The van der Waals surface area contributed by atoms with Crippen molar-refractivity contribution in [2.24, 2.45) is 0 Å². The molecule has 4 rings (SSSR count). The summed E-state index contributed by atoms with van der Waals surface area (Å²) in [6.07, 6.45) is 3.55. The smallest absolute Gasteiger partial charge is 0.146 e. The number of benzene rings is 1. The molecule has 3 heterocycles. The van der Waals surface area contributed by atoms with Crippen LogP contribution in [-0.4, -0.2) is 46.2 Å². The van der Waals surface area contributed by atoms with Gasteiger partial charge in [0.1, 0.15) is 17.1 Å². The van der Waals surface area contributed by atoms with Gasteiger partial charge in [-0.3, -0.25) is 9.88 Å². The van der Waals surface area contributed by atoms with Crippen molar-refractivity contribution in [3.8, 4) is 5.75 Å². The molecule has 1 aromatic carbocycles. The van der Waals surface area contributed by atoms with Gasteiger partial charge in [0.25, 0.3) is 0 Å². The van der Waals surface area contributed by atoms with E-state index in [0.29, 0.717) is 11.3 Å². The van der Waals surface area contributed by atoms with Crippen molar-refractivity contribution in [1.29, 1.82) is 0 Å². The first-order chi connectivity index (χ1) is 11.8. The number of rotatable bonds is 3. The van der Waals surface area contributed by atoms with E-state index in [4.69, 9.17) is 0 Å². The molecule has 122 valence electrons. The molecule has 0 radical (unpaired) electrons. The molecule has 0 spiro atoms. The van der Waals surface area contributed by atoms with Gasteiger partial charge in [-0.2, -0.15) is 0 Å². The molecular weight excluding hydrogens is 300 g/mol. The number of aromatic hydroxyl groups is 1. The van der Waals surface area contributed by atoms with Crippen LogP contribution in [0.15, 0.2) is 54.9 Å². The molecule has 24 heavy (non-hydrogen) atoms. The van der Waals surface area contributed by atoms with Crippen molar-refractivity contribution in [2.45, 2.75) is 6.54 Å². The molecule has 0 aliphatic carbocycles. The highest BCUT2D eigenvalue weighted by atomic mass is 16.3. The van der Waals surface area contributed by atoms with Crippen molar-refractivity contribution in [3.05, 3.63) is 60.4 Å². The largest absolute Gasteiger partial charge is 0.505 e. The Labute approximate surface area is 141 Å². The van der Waals surface area contributed by atoms with Gasteiger partial charge in [-0.05, 0) is 18.2 Å². The molecular formula is C19H20N4O. The molecule has 1 saturated heterocycles. The molecule has 1 N–H and O–H groups in total. The third kappa shape index (κ3) is 2.90. The van der Waals surface area contributed by atoms with Crippen LogP contribution in [0.5, 0.6) is 5.75 Å². The Bertz CT molecular complexity index is 829. The minimum absolute atomic E-state index is 0.306. The van der Waals surface area contributed by atoms with Gasteiger partial charge < -0.3 is 10.0 Å². The van der Waals surface area contributed by atoms with Crippen LogP contribution in [0.4, 0.5) is 5.82 Å². The van der Waals surface area contributed by atoms with E-state index in [-0.39, 0.29) is 0 Å². The zero-order valence-electron chi connectivity index (χ0n) is 13.5. The zero-order valence-corrected chi connectivity index (χ0v) is 13.5. The quantitative estimate of drug-likeness (QED) is 0.804. The number of nitrogens with zero attached hydrogens (tertiary/aromatic N) is 4. The highest BCUT2D eigenvalue weighted by Gasteiger charge is 2.19. The fourth-order valence-electron chi connectivity index (χ4n) is 3.22. The van der Waals surface area contributed by atoms with Gasteiger partial charge in [-0.25, -0.2) is 4.98 Å². The van der Waals surface area contributed by atoms with Crippen LogP contribution in [0.2, 0.25) is 0 Å². The summed E-state index contributed by atoms with van der Waals surface area (Å²) in [4.78, 5) is 13.4. The van der Waals surface area contributed by atoms with Gasteiger partial charge in [0.15, 0.2) is 0 Å². The molecule has 0 unspecified atom stereocenters. The topological polar surface area (TPSA) is 52.5 Å². The van der Waals surface area contributed by atoms with E-state index in [0.717, 1.165) is 49.5 Å². The van der Waals surface area contributed by atoms with Crippen LogP contribution in [0.3, 0.4) is 0 Å². The Kier molecular flexibility index (Phi) is 4.01. The summed E-state index contributed by atoms with van der Waals surface area (Å²) in [5, 5.41) is 11.5. The third-order valence-corrected chi connectivity index (χ3v) is 4.57. The highest BCUT2D eigenvalue weighted by molar-refractivity contribution is 5.85. The lowest BCUT2D eigenvalue weighted by molar-refractivity contribution is 0.246. The summed E-state index contributed by atoms with van der Waals surface area (Å²) in [5.74, 6) is 1.34.